The van der Waals surface area contributed by atoms with Gasteiger partial charge in [0, 0.05) is 37.2 Å². The Labute approximate surface area is 312 Å². The number of ether oxygens (including phenoxy) is 4. The Kier molecular flexibility index (Phi) is 16.0. The molecule has 0 bridgehead atoms. The Morgan fingerprint density at radius 3 is 2.27 bits per heavy atom. The molecule has 21 heteroatoms. The fourth-order valence-corrected chi connectivity index (χ4v) is 4.73. The number of Topliss-reactive ketones (excluding diaryl/α,β-unsaturated/α-hetero) is 1. The molecule has 1 atom stereocenters. The second-order valence-electron chi connectivity index (χ2n) is 12.8. The lowest BCUT2D eigenvalue weighted by Crippen LogP contribution is -2.42. The summed E-state index contributed by atoms with van der Waals surface area (Å²) in [5.41, 5.74) is 3.09. The molecular weight excluding hydrogens is 737 g/mol. The molecule has 300 valence electrons. The molecule has 3 aromatic rings. The number of aromatic nitrogens is 4. The predicted octanol–water partition coefficient (Wildman–Crippen LogP) is 2.35. The van der Waals surface area contributed by atoms with E-state index >= 15 is 0 Å². The molecule has 5 N–H and O–H groups in total. The second-order valence-corrected chi connectivity index (χ2v) is 12.8. The number of halogens is 3. The van der Waals surface area contributed by atoms with E-state index in [0.717, 1.165) is 37.6 Å². The van der Waals surface area contributed by atoms with Gasteiger partial charge in [-0.25, -0.2) is 19.6 Å². The van der Waals surface area contributed by atoms with Gasteiger partial charge in [0.2, 0.25) is 5.95 Å². The van der Waals surface area contributed by atoms with Crippen LogP contribution in [0.4, 0.5) is 29.6 Å². The fourth-order valence-electron chi connectivity index (χ4n) is 4.73. The molecule has 0 aliphatic carbocycles. The van der Waals surface area contributed by atoms with E-state index in [0.29, 0.717) is 11.3 Å². The summed E-state index contributed by atoms with van der Waals surface area (Å²) in [6.07, 6.45) is -4.43. The van der Waals surface area contributed by atoms with Crippen molar-refractivity contribution in [2.45, 2.75) is 70.8 Å². The van der Waals surface area contributed by atoms with Crippen molar-refractivity contribution >= 4 is 52.5 Å². The molecule has 2 aromatic heterocycles. The lowest BCUT2D eigenvalue weighted by molar-refractivity contribution is -0.170. The number of hydrogen-bond donors (Lipinski definition) is 4. The van der Waals surface area contributed by atoms with Crippen LogP contribution in [-0.4, -0.2) is 107 Å². The third-order valence-corrected chi connectivity index (χ3v) is 7.27. The maximum absolute atomic E-state index is 13.6. The van der Waals surface area contributed by atoms with Crippen LogP contribution in [0.1, 0.15) is 62.5 Å². The normalized spacial score (nSPS) is 12.1. The molecule has 0 fully saturated rings. The van der Waals surface area contributed by atoms with E-state index in [-0.39, 0.29) is 92.1 Å². The standard InChI is InChI=1S/C34H43F3N8O10/c1-33(2,3)55-32(51)39-13-15-54-17-16-53-14-5-6-23(46)11-12-24(29(49)52-4)42-27(47)20-7-9-22(10-8-20)45(30(50)34(35,36)37)19-21-18-40-26-25(41-21)28(48)44-31(38)43-26/h7-10,18,24H,5-6,11-17,19H2,1-4H3,(H,39,51)(H,42,47)(H3,38,40,43,44,48)/t24-/m0/s1. The number of alkyl carbamates (subject to hydrolysis) is 1. The number of nitrogens with two attached hydrogens (primary N) is 1. The van der Waals surface area contributed by atoms with Gasteiger partial charge in [-0.1, -0.05) is 0 Å². The molecule has 1 aromatic carbocycles. The monoisotopic (exact) mass is 780 g/mol. The molecule has 0 aliphatic heterocycles. The van der Waals surface area contributed by atoms with Gasteiger partial charge in [-0.2, -0.15) is 18.2 Å². The summed E-state index contributed by atoms with van der Waals surface area (Å²) in [5.74, 6) is -4.32. The van der Waals surface area contributed by atoms with Crippen LogP contribution in [-0.2, 0) is 39.9 Å². The smallest absolute Gasteiger partial charge is 0.467 e. The van der Waals surface area contributed by atoms with Crippen LogP contribution >= 0.6 is 0 Å². The molecule has 18 nitrogen and oxygen atoms in total. The molecule has 0 radical (unpaired) electrons. The van der Waals surface area contributed by atoms with E-state index in [1.807, 2.05) is 0 Å². The van der Waals surface area contributed by atoms with E-state index in [4.69, 9.17) is 24.7 Å². The maximum Gasteiger partial charge on any atom is 0.471 e. The fraction of sp³-hybridized carbons (Fsp3) is 0.500. The number of carbonyl (C=O) groups is 5. The summed E-state index contributed by atoms with van der Waals surface area (Å²) < 4.78 is 61.5. The highest BCUT2D eigenvalue weighted by atomic mass is 19.4. The minimum absolute atomic E-state index is 0.0752. The largest absolute Gasteiger partial charge is 0.471 e. The zero-order valence-electron chi connectivity index (χ0n) is 30.6. The van der Waals surface area contributed by atoms with Crippen LogP contribution in [0, 0.1) is 0 Å². The Morgan fingerprint density at radius 1 is 0.964 bits per heavy atom. The number of carbonyl (C=O) groups excluding carboxylic acids is 5. The van der Waals surface area contributed by atoms with Gasteiger partial charge < -0.3 is 35.3 Å². The third kappa shape index (κ3) is 14.6. The predicted molar refractivity (Wildman–Crippen MR) is 189 cm³/mol. The zero-order chi connectivity index (χ0) is 40.8. The van der Waals surface area contributed by atoms with Gasteiger partial charge in [0.1, 0.15) is 17.4 Å². The molecule has 0 unspecified atom stereocenters. The minimum atomic E-state index is -5.30. The zero-order valence-corrected chi connectivity index (χ0v) is 30.6. The number of nitrogen functional groups attached to an aromatic ring is 1. The Hall–Kier alpha value is -5.70. The Morgan fingerprint density at radius 2 is 1.64 bits per heavy atom. The van der Waals surface area contributed by atoms with Crippen LogP contribution < -0.4 is 26.8 Å². The number of nitrogens with zero attached hydrogens (tertiary/aromatic N) is 4. The van der Waals surface area contributed by atoms with E-state index < -0.39 is 53.8 Å². The molecule has 0 saturated carbocycles. The van der Waals surface area contributed by atoms with Crippen molar-refractivity contribution in [1.82, 2.24) is 30.6 Å². The number of anilines is 2. The summed E-state index contributed by atoms with van der Waals surface area (Å²) in [6.45, 7) is 5.84. The van der Waals surface area contributed by atoms with Crippen molar-refractivity contribution in [3.05, 3.63) is 52.1 Å². The third-order valence-electron chi connectivity index (χ3n) is 7.27. The van der Waals surface area contributed by atoms with E-state index in [1.165, 1.54) is 0 Å². The molecule has 3 amide bonds. The number of H-pyrrole nitrogens is 1. The topological polar surface area (TPSA) is 247 Å². The van der Waals surface area contributed by atoms with Crippen LogP contribution in [0.3, 0.4) is 0 Å². The average molecular weight is 781 g/mol. The highest BCUT2D eigenvalue weighted by Gasteiger charge is 2.43. The minimum Gasteiger partial charge on any atom is -0.467 e. The van der Waals surface area contributed by atoms with Crippen molar-refractivity contribution in [3.8, 4) is 0 Å². The van der Waals surface area contributed by atoms with Gasteiger partial charge in [-0.05, 0) is 57.9 Å². The van der Waals surface area contributed by atoms with E-state index in [9.17, 15) is 41.9 Å². The molecular formula is C34H43F3N8O10. The number of esters is 1. The van der Waals surface area contributed by atoms with E-state index in [1.54, 1.807) is 20.8 Å². The summed E-state index contributed by atoms with van der Waals surface area (Å²) in [7, 11) is 1.10. The Bertz CT molecular complexity index is 1870. The number of aromatic amines is 1. The number of amides is 3. The number of benzene rings is 1. The average Bonchev–Trinajstić information content (AvgIpc) is 3.11. The number of hydrogen-bond acceptors (Lipinski definition) is 14. The number of rotatable bonds is 19. The van der Waals surface area contributed by atoms with Gasteiger partial charge in [-0.3, -0.25) is 29.1 Å². The Balaban J connectivity index is 1.50. The summed E-state index contributed by atoms with van der Waals surface area (Å²) in [6, 6.07) is 3.21. The highest BCUT2D eigenvalue weighted by molar-refractivity contribution is 5.99. The van der Waals surface area contributed by atoms with Crippen LogP contribution in [0.25, 0.3) is 11.2 Å². The number of ketones is 1. The van der Waals surface area contributed by atoms with Gasteiger partial charge >= 0.3 is 24.1 Å². The molecule has 2 heterocycles. The number of nitrogens with one attached hydrogen (secondary N) is 3. The van der Waals surface area contributed by atoms with E-state index in [2.05, 4.69) is 30.6 Å². The molecule has 3 rings (SSSR count). The van der Waals surface area contributed by atoms with Crippen LogP contribution in [0.15, 0.2) is 35.3 Å². The number of methoxy groups -OCH3 is 1. The van der Waals surface area contributed by atoms with Crippen LogP contribution in [0.2, 0.25) is 0 Å². The van der Waals surface area contributed by atoms with Crippen LogP contribution in [0.5, 0.6) is 0 Å². The number of alkyl halides is 3. The van der Waals surface area contributed by atoms with Crippen molar-refractivity contribution in [3.63, 3.8) is 0 Å². The van der Waals surface area contributed by atoms with Crippen molar-refractivity contribution in [2.24, 2.45) is 0 Å². The van der Waals surface area contributed by atoms with Gasteiger partial charge in [0.05, 0.1) is 45.4 Å². The van der Waals surface area contributed by atoms with Crippen molar-refractivity contribution in [2.75, 3.05) is 50.7 Å². The highest BCUT2D eigenvalue weighted by Crippen LogP contribution is 2.26. The first-order chi connectivity index (χ1) is 25.9. The molecule has 0 aliphatic rings. The summed E-state index contributed by atoms with van der Waals surface area (Å²) in [5, 5.41) is 5.02. The van der Waals surface area contributed by atoms with Crippen molar-refractivity contribution in [1.29, 1.82) is 0 Å². The first-order valence-corrected chi connectivity index (χ1v) is 16.9. The molecule has 55 heavy (non-hydrogen) atoms. The number of fused-ring (bicyclic) bond motifs is 1. The molecule has 0 spiro atoms. The first kappa shape index (κ1) is 43.7. The maximum atomic E-state index is 13.6. The van der Waals surface area contributed by atoms with Gasteiger partial charge in [0.25, 0.3) is 11.5 Å². The quantitative estimate of drug-likeness (QED) is 0.101. The SMILES string of the molecule is COC(=O)[C@H](CCC(=O)CCCOCCOCCNC(=O)OC(C)(C)C)NC(=O)c1ccc(N(Cc2cnc3nc(N)[nH]c(=O)c3n2)C(=O)C(F)(F)F)cc1. The summed E-state index contributed by atoms with van der Waals surface area (Å²) in [4.78, 5) is 88.3. The van der Waals surface area contributed by atoms with Crippen molar-refractivity contribution < 1.29 is 56.1 Å². The lowest BCUT2D eigenvalue weighted by Gasteiger charge is -2.24. The summed E-state index contributed by atoms with van der Waals surface area (Å²) >= 11 is 0. The lowest BCUT2D eigenvalue weighted by atomic mass is 10.1. The second kappa shape index (κ2) is 20.1. The van der Waals surface area contributed by atoms with Gasteiger partial charge in [-0.15, -0.1) is 0 Å². The molecule has 0 saturated heterocycles. The first-order valence-electron chi connectivity index (χ1n) is 16.9. The van der Waals surface area contributed by atoms with Gasteiger partial charge in [0.15, 0.2) is 11.2 Å².